The fraction of sp³-hybridized carbons (Fsp3) is 0.519. The highest BCUT2D eigenvalue weighted by Crippen LogP contribution is 2.25. The van der Waals surface area contributed by atoms with Crippen molar-refractivity contribution in [2.45, 2.75) is 65.6 Å². The summed E-state index contributed by atoms with van der Waals surface area (Å²) in [5.74, 6) is 0.796. The lowest BCUT2D eigenvalue weighted by Crippen LogP contribution is -2.34. The Hall–Kier alpha value is -2.37. The lowest BCUT2D eigenvalue weighted by Gasteiger charge is -2.27. The molecule has 0 aliphatic carbocycles. The van der Waals surface area contributed by atoms with E-state index in [4.69, 9.17) is 9.47 Å². The molecule has 1 N–H and O–H groups in total. The van der Waals surface area contributed by atoms with Gasteiger partial charge >= 0.3 is 0 Å². The Morgan fingerprint density at radius 3 is 2.56 bits per heavy atom. The molecule has 0 fully saturated rings. The van der Waals surface area contributed by atoms with E-state index in [1.54, 1.807) is 0 Å². The number of nitrogens with one attached hydrogen (secondary N) is 1. The number of carbonyl (C=O) groups is 1. The highest BCUT2D eigenvalue weighted by atomic mass is 16.5. The van der Waals surface area contributed by atoms with Crippen molar-refractivity contribution in [1.29, 1.82) is 0 Å². The lowest BCUT2D eigenvalue weighted by atomic mass is 9.99. The molecule has 2 aromatic carbocycles. The van der Waals surface area contributed by atoms with Gasteiger partial charge in [-0.1, -0.05) is 38.1 Å². The summed E-state index contributed by atoms with van der Waals surface area (Å²) in [5.41, 5.74) is 4.22. The second-order valence-corrected chi connectivity index (χ2v) is 8.83. The van der Waals surface area contributed by atoms with Crippen molar-refractivity contribution >= 4 is 5.91 Å². The number of fused-ring (bicyclic) bond motifs is 3. The average molecular weight is 439 g/mol. The highest BCUT2D eigenvalue weighted by Gasteiger charge is 2.16. The summed E-state index contributed by atoms with van der Waals surface area (Å²) in [5, 5.41) is 3.14. The van der Waals surface area contributed by atoms with Crippen LogP contribution in [0, 0.1) is 0 Å². The molecule has 2 aromatic rings. The van der Waals surface area contributed by atoms with E-state index in [2.05, 4.69) is 62.2 Å². The molecular formula is C27H38N2O3. The molecule has 3 rings (SSSR count). The Balaban J connectivity index is 1.88. The quantitative estimate of drug-likeness (QED) is 0.728. The maximum absolute atomic E-state index is 12.8. The van der Waals surface area contributed by atoms with Gasteiger partial charge in [-0.15, -0.1) is 0 Å². The summed E-state index contributed by atoms with van der Waals surface area (Å²) >= 11 is 0. The minimum absolute atomic E-state index is 0.0226. The molecule has 1 heterocycles. The molecule has 1 amide bonds. The molecule has 0 spiro atoms. The van der Waals surface area contributed by atoms with Crippen molar-refractivity contribution in [2.24, 2.45) is 0 Å². The predicted octanol–water partition coefficient (Wildman–Crippen LogP) is 4.82. The second kappa shape index (κ2) is 12.0. The largest absolute Gasteiger partial charge is 0.491 e. The molecule has 0 saturated carbocycles. The number of rotatable bonds is 5. The maximum atomic E-state index is 12.8. The van der Waals surface area contributed by atoms with Gasteiger partial charge in [-0.2, -0.15) is 0 Å². The minimum Gasteiger partial charge on any atom is -0.491 e. The van der Waals surface area contributed by atoms with Gasteiger partial charge in [0.05, 0.1) is 13.2 Å². The first-order chi connectivity index (χ1) is 15.5. The second-order valence-electron chi connectivity index (χ2n) is 8.83. The van der Waals surface area contributed by atoms with E-state index < -0.39 is 0 Å². The van der Waals surface area contributed by atoms with Crippen LogP contribution in [0.25, 0.3) is 0 Å². The Bertz CT molecular complexity index is 877. The van der Waals surface area contributed by atoms with E-state index in [0.717, 1.165) is 43.7 Å². The zero-order valence-electron chi connectivity index (χ0n) is 20.0. The van der Waals surface area contributed by atoms with Crippen LogP contribution < -0.4 is 10.1 Å². The first-order valence-electron chi connectivity index (χ1n) is 12.0. The van der Waals surface area contributed by atoms with Gasteiger partial charge < -0.3 is 14.8 Å². The summed E-state index contributed by atoms with van der Waals surface area (Å²) < 4.78 is 11.9. The summed E-state index contributed by atoms with van der Waals surface area (Å²) in [4.78, 5) is 15.2. The number of nitrogens with zero attached hydrogens (tertiary/aromatic N) is 1. The van der Waals surface area contributed by atoms with Gasteiger partial charge in [0.2, 0.25) is 0 Å². The highest BCUT2D eigenvalue weighted by molar-refractivity contribution is 5.94. The smallest absolute Gasteiger partial charge is 0.251 e. The van der Waals surface area contributed by atoms with Crippen LogP contribution in [0.3, 0.4) is 0 Å². The Labute approximate surface area is 193 Å². The Kier molecular flexibility index (Phi) is 9.12. The predicted molar refractivity (Wildman–Crippen MR) is 129 cm³/mol. The van der Waals surface area contributed by atoms with E-state index in [0.29, 0.717) is 31.4 Å². The van der Waals surface area contributed by atoms with Gasteiger partial charge in [0.25, 0.3) is 5.91 Å². The van der Waals surface area contributed by atoms with Gasteiger partial charge in [0, 0.05) is 37.2 Å². The van der Waals surface area contributed by atoms with Crippen molar-refractivity contribution in [3.63, 3.8) is 0 Å². The molecule has 0 aromatic heterocycles. The molecule has 0 saturated heterocycles. The Morgan fingerprint density at radius 1 is 1.03 bits per heavy atom. The average Bonchev–Trinajstić information content (AvgIpc) is 2.79. The van der Waals surface area contributed by atoms with Crippen LogP contribution in [0.2, 0.25) is 0 Å². The standard InChI is InChI=1S/C27H38N2O3/c1-5-25(6-2)28-27(30)23-10-11-26-24(18-23)17-21-8-7-9-22(16-21)19-29(20(3)4)12-13-31-14-15-32-26/h7-11,16,18,20,25H,5-6,12-15,17,19H2,1-4H3,(H,28,30). The molecule has 0 radical (unpaired) electrons. The van der Waals surface area contributed by atoms with Gasteiger partial charge in [0.1, 0.15) is 12.4 Å². The molecule has 1 aliphatic heterocycles. The topological polar surface area (TPSA) is 50.8 Å². The maximum Gasteiger partial charge on any atom is 0.251 e. The third-order valence-electron chi connectivity index (χ3n) is 6.15. The van der Waals surface area contributed by atoms with Crippen molar-refractivity contribution in [2.75, 3.05) is 26.4 Å². The summed E-state index contributed by atoms with van der Waals surface area (Å²) in [6.07, 6.45) is 2.57. The van der Waals surface area contributed by atoms with Crippen LogP contribution in [0.5, 0.6) is 5.75 Å². The molecule has 2 bridgehead atoms. The zero-order valence-corrected chi connectivity index (χ0v) is 20.0. The number of carbonyl (C=O) groups excluding carboxylic acids is 1. The van der Waals surface area contributed by atoms with Crippen molar-refractivity contribution < 1.29 is 14.3 Å². The molecule has 0 atom stereocenters. The first kappa shape index (κ1) is 24.3. The zero-order chi connectivity index (χ0) is 22.9. The fourth-order valence-corrected chi connectivity index (χ4v) is 4.07. The Morgan fingerprint density at radius 2 is 1.81 bits per heavy atom. The van der Waals surface area contributed by atoms with E-state index in [-0.39, 0.29) is 11.9 Å². The third kappa shape index (κ3) is 6.81. The molecule has 1 aliphatic rings. The van der Waals surface area contributed by atoms with E-state index in [1.165, 1.54) is 11.1 Å². The number of amides is 1. The van der Waals surface area contributed by atoms with Crippen molar-refractivity contribution in [1.82, 2.24) is 10.2 Å². The number of hydrogen-bond acceptors (Lipinski definition) is 4. The van der Waals surface area contributed by atoms with Crippen LogP contribution >= 0.6 is 0 Å². The lowest BCUT2D eigenvalue weighted by molar-refractivity contribution is 0.0695. The number of benzene rings is 2. The number of hydrogen-bond donors (Lipinski definition) is 1. The first-order valence-corrected chi connectivity index (χ1v) is 12.0. The molecule has 5 nitrogen and oxygen atoms in total. The summed E-state index contributed by atoms with van der Waals surface area (Å²) in [7, 11) is 0. The SMILES string of the molecule is CCC(CC)NC(=O)c1ccc2c(c1)Cc1cccc(c1)CN(C(C)C)CCOCCO2. The van der Waals surface area contributed by atoms with Crippen molar-refractivity contribution in [3.05, 3.63) is 64.7 Å². The summed E-state index contributed by atoms with van der Waals surface area (Å²) in [6, 6.07) is 15.1. The van der Waals surface area contributed by atoms with Gasteiger partial charge in [0.15, 0.2) is 0 Å². The normalized spacial score (nSPS) is 15.7. The molecule has 5 heteroatoms. The summed E-state index contributed by atoms with van der Waals surface area (Å²) in [6.45, 7) is 12.2. The molecule has 174 valence electrons. The minimum atomic E-state index is -0.0226. The van der Waals surface area contributed by atoms with Crippen LogP contribution in [-0.2, 0) is 17.7 Å². The molecular weight excluding hydrogens is 400 g/mol. The fourth-order valence-electron chi connectivity index (χ4n) is 4.07. The molecule has 32 heavy (non-hydrogen) atoms. The van der Waals surface area contributed by atoms with Crippen LogP contribution in [0.1, 0.15) is 67.6 Å². The third-order valence-corrected chi connectivity index (χ3v) is 6.15. The van der Waals surface area contributed by atoms with Gasteiger partial charge in [-0.3, -0.25) is 9.69 Å². The van der Waals surface area contributed by atoms with Crippen LogP contribution in [0.15, 0.2) is 42.5 Å². The van der Waals surface area contributed by atoms with E-state index >= 15 is 0 Å². The van der Waals surface area contributed by atoms with Crippen LogP contribution in [-0.4, -0.2) is 49.3 Å². The number of ether oxygens (including phenoxy) is 2. The van der Waals surface area contributed by atoms with Crippen LogP contribution in [0.4, 0.5) is 0 Å². The van der Waals surface area contributed by atoms with Gasteiger partial charge in [-0.25, -0.2) is 0 Å². The van der Waals surface area contributed by atoms with Gasteiger partial charge in [-0.05, 0) is 61.6 Å². The van der Waals surface area contributed by atoms with Crippen molar-refractivity contribution in [3.8, 4) is 5.75 Å². The molecule has 0 unspecified atom stereocenters. The monoisotopic (exact) mass is 438 g/mol. The van der Waals surface area contributed by atoms with E-state index in [9.17, 15) is 4.79 Å². The van der Waals surface area contributed by atoms with E-state index in [1.807, 2.05) is 18.2 Å².